The van der Waals surface area contributed by atoms with Crippen molar-refractivity contribution in [3.63, 3.8) is 0 Å². The molecule has 92 valence electrons. The Kier molecular flexibility index (Phi) is 3.17. The van der Waals surface area contributed by atoms with Crippen LogP contribution in [0.15, 0.2) is 52.3 Å². The molecule has 2 heterocycles. The van der Waals surface area contributed by atoms with Gasteiger partial charge in [0.05, 0.1) is 6.04 Å². The van der Waals surface area contributed by atoms with E-state index in [0.717, 1.165) is 23.3 Å². The van der Waals surface area contributed by atoms with Gasteiger partial charge >= 0.3 is 0 Å². The predicted molar refractivity (Wildman–Crippen MR) is 75.8 cm³/mol. The van der Waals surface area contributed by atoms with Crippen molar-refractivity contribution < 1.29 is 4.42 Å². The van der Waals surface area contributed by atoms with E-state index in [9.17, 15) is 0 Å². The van der Waals surface area contributed by atoms with Crippen LogP contribution in [0.2, 0.25) is 0 Å². The summed E-state index contributed by atoms with van der Waals surface area (Å²) in [5.74, 6) is 0.993. The number of rotatable bonds is 4. The Morgan fingerprint density at radius 1 is 1.22 bits per heavy atom. The number of benzene rings is 1. The minimum Gasteiger partial charge on any atom is -0.459 e. The van der Waals surface area contributed by atoms with Gasteiger partial charge in [-0.3, -0.25) is 0 Å². The van der Waals surface area contributed by atoms with Crippen molar-refractivity contribution in [2.75, 3.05) is 0 Å². The van der Waals surface area contributed by atoms with Crippen molar-refractivity contribution in [1.82, 2.24) is 5.32 Å². The van der Waals surface area contributed by atoms with E-state index in [2.05, 4.69) is 41.9 Å². The molecule has 1 N–H and O–H groups in total. The SMILES string of the molecule is CC(NCc1cccs1)c1cc2ccccc2o1. The second-order valence-electron chi connectivity index (χ2n) is 4.37. The second kappa shape index (κ2) is 4.96. The third kappa shape index (κ3) is 2.33. The lowest BCUT2D eigenvalue weighted by atomic mass is 10.2. The van der Waals surface area contributed by atoms with Crippen molar-refractivity contribution in [2.24, 2.45) is 0 Å². The Hall–Kier alpha value is -1.58. The molecule has 2 aromatic heterocycles. The molecule has 1 atom stereocenters. The van der Waals surface area contributed by atoms with Gasteiger partial charge in [-0.25, -0.2) is 0 Å². The molecule has 0 spiro atoms. The largest absolute Gasteiger partial charge is 0.459 e. The zero-order valence-electron chi connectivity index (χ0n) is 10.2. The van der Waals surface area contributed by atoms with Gasteiger partial charge in [-0.05, 0) is 30.5 Å². The zero-order chi connectivity index (χ0) is 12.4. The summed E-state index contributed by atoms with van der Waals surface area (Å²) in [5, 5.41) is 6.74. The minimum absolute atomic E-state index is 0.222. The maximum Gasteiger partial charge on any atom is 0.134 e. The third-order valence-electron chi connectivity index (χ3n) is 3.03. The molecule has 0 fully saturated rings. The topological polar surface area (TPSA) is 25.2 Å². The highest BCUT2D eigenvalue weighted by atomic mass is 32.1. The molecule has 18 heavy (non-hydrogen) atoms. The Balaban J connectivity index is 1.73. The van der Waals surface area contributed by atoms with Crippen molar-refractivity contribution in [1.29, 1.82) is 0 Å². The number of furan rings is 1. The van der Waals surface area contributed by atoms with E-state index in [1.807, 2.05) is 18.2 Å². The van der Waals surface area contributed by atoms with Crippen molar-refractivity contribution in [2.45, 2.75) is 19.5 Å². The average molecular weight is 257 g/mol. The Bertz CT molecular complexity index is 594. The highest BCUT2D eigenvalue weighted by Gasteiger charge is 2.10. The normalized spacial score (nSPS) is 12.9. The molecule has 1 aromatic carbocycles. The van der Waals surface area contributed by atoms with Crippen LogP contribution in [0.25, 0.3) is 11.0 Å². The molecular formula is C15H15NOS. The van der Waals surface area contributed by atoms with Crippen LogP contribution in [-0.4, -0.2) is 0 Å². The first-order valence-electron chi connectivity index (χ1n) is 6.07. The molecule has 0 aliphatic carbocycles. The first-order chi connectivity index (χ1) is 8.83. The Morgan fingerprint density at radius 2 is 2.11 bits per heavy atom. The van der Waals surface area contributed by atoms with Crippen LogP contribution >= 0.6 is 11.3 Å². The number of nitrogens with one attached hydrogen (secondary N) is 1. The number of para-hydroxylation sites is 1. The van der Waals surface area contributed by atoms with Crippen molar-refractivity contribution >= 4 is 22.3 Å². The van der Waals surface area contributed by atoms with Crippen LogP contribution in [0.5, 0.6) is 0 Å². The van der Waals surface area contributed by atoms with Gasteiger partial charge in [0.15, 0.2) is 0 Å². The molecule has 0 amide bonds. The third-order valence-corrected chi connectivity index (χ3v) is 3.91. The number of fused-ring (bicyclic) bond motifs is 1. The molecule has 1 unspecified atom stereocenters. The minimum atomic E-state index is 0.222. The van der Waals surface area contributed by atoms with E-state index in [1.165, 1.54) is 4.88 Å². The lowest BCUT2D eigenvalue weighted by Gasteiger charge is -2.09. The van der Waals surface area contributed by atoms with Crippen molar-refractivity contribution in [3.8, 4) is 0 Å². The monoisotopic (exact) mass is 257 g/mol. The first kappa shape index (κ1) is 11.5. The quantitative estimate of drug-likeness (QED) is 0.752. The van der Waals surface area contributed by atoms with E-state index in [0.29, 0.717) is 0 Å². The van der Waals surface area contributed by atoms with E-state index >= 15 is 0 Å². The molecule has 0 aliphatic rings. The van der Waals surface area contributed by atoms with Crippen LogP contribution in [0, 0.1) is 0 Å². The summed E-state index contributed by atoms with van der Waals surface area (Å²) in [6.45, 7) is 3.02. The average Bonchev–Trinajstić information content (AvgIpc) is 3.04. The van der Waals surface area contributed by atoms with E-state index < -0.39 is 0 Å². The van der Waals surface area contributed by atoms with Gasteiger partial charge in [-0.1, -0.05) is 24.3 Å². The van der Waals surface area contributed by atoms with Gasteiger partial charge in [0.25, 0.3) is 0 Å². The summed E-state index contributed by atoms with van der Waals surface area (Å²) < 4.78 is 5.84. The fourth-order valence-electron chi connectivity index (χ4n) is 1.98. The van der Waals surface area contributed by atoms with E-state index in [1.54, 1.807) is 11.3 Å². The van der Waals surface area contributed by atoms with Crippen LogP contribution in [-0.2, 0) is 6.54 Å². The van der Waals surface area contributed by atoms with Gasteiger partial charge in [0, 0.05) is 16.8 Å². The second-order valence-corrected chi connectivity index (χ2v) is 5.40. The molecule has 3 heteroatoms. The maximum atomic E-state index is 5.84. The summed E-state index contributed by atoms with van der Waals surface area (Å²) in [4.78, 5) is 1.35. The zero-order valence-corrected chi connectivity index (χ0v) is 11.0. The fourth-order valence-corrected chi connectivity index (χ4v) is 2.64. The fraction of sp³-hybridized carbons (Fsp3) is 0.200. The lowest BCUT2D eigenvalue weighted by Crippen LogP contribution is -2.16. The summed E-state index contributed by atoms with van der Waals surface area (Å²) >= 11 is 1.77. The molecule has 0 saturated heterocycles. The molecular weight excluding hydrogens is 242 g/mol. The van der Waals surface area contributed by atoms with Gasteiger partial charge in [-0.15, -0.1) is 11.3 Å². The van der Waals surface area contributed by atoms with Crippen molar-refractivity contribution in [3.05, 3.63) is 58.5 Å². The van der Waals surface area contributed by atoms with Gasteiger partial charge < -0.3 is 9.73 Å². The van der Waals surface area contributed by atoms with Gasteiger partial charge in [-0.2, -0.15) is 0 Å². The Labute approximate surface area is 110 Å². The van der Waals surface area contributed by atoms with E-state index in [-0.39, 0.29) is 6.04 Å². The van der Waals surface area contributed by atoms with Crippen LogP contribution in [0.1, 0.15) is 23.6 Å². The molecule has 0 radical (unpaired) electrons. The highest BCUT2D eigenvalue weighted by molar-refractivity contribution is 7.09. The first-order valence-corrected chi connectivity index (χ1v) is 6.95. The summed E-state index contributed by atoms with van der Waals surface area (Å²) in [5.41, 5.74) is 0.956. The summed E-state index contributed by atoms with van der Waals surface area (Å²) in [6.07, 6.45) is 0. The lowest BCUT2D eigenvalue weighted by molar-refractivity contribution is 0.452. The standard InChI is InChI=1S/C15H15NOS/c1-11(16-10-13-6-4-8-18-13)15-9-12-5-2-3-7-14(12)17-15/h2-9,11,16H,10H2,1H3. The summed E-state index contributed by atoms with van der Waals surface area (Å²) in [7, 11) is 0. The molecule has 3 rings (SSSR count). The number of thiophene rings is 1. The van der Waals surface area contributed by atoms with Gasteiger partial charge in [0.2, 0.25) is 0 Å². The van der Waals surface area contributed by atoms with E-state index in [4.69, 9.17) is 4.42 Å². The Morgan fingerprint density at radius 3 is 2.89 bits per heavy atom. The molecule has 0 aliphatic heterocycles. The molecule has 3 aromatic rings. The smallest absolute Gasteiger partial charge is 0.134 e. The highest BCUT2D eigenvalue weighted by Crippen LogP contribution is 2.23. The molecule has 2 nitrogen and oxygen atoms in total. The maximum absolute atomic E-state index is 5.84. The van der Waals surface area contributed by atoms with Crippen LogP contribution in [0.3, 0.4) is 0 Å². The molecule has 0 saturated carbocycles. The molecule has 0 bridgehead atoms. The summed E-state index contributed by atoms with van der Waals surface area (Å²) in [6, 6.07) is 14.7. The van der Waals surface area contributed by atoms with Crippen LogP contribution in [0.4, 0.5) is 0 Å². The number of hydrogen-bond acceptors (Lipinski definition) is 3. The predicted octanol–water partition coefficient (Wildman–Crippen LogP) is 4.35. The van der Waals surface area contributed by atoms with Gasteiger partial charge in [0.1, 0.15) is 11.3 Å². The number of hydrogen-bond donors (Lipinski definition) is 1. The van der Waals surface area contributed by atoms with Crippen LogP contribution < -0.4 is 5.32 Å².